The van der Waals surface area contributed by atoms with Crippen LogP contribution in [0.5, 0.6) is 0 Å². The number of rotatable bonds is 3. The molecule has 6 nitrogen and oxygen atoms in total. The summed E-state index contributed by atoms with van der Waals surface area (Å²) in [4.78, 5) is 20.0. The van der Waals surface area contributed by atoms with Gasteiger partial charge in [0.2, 0.25) is 0 Å². The minimum Gasteiger partial charge on any atom is -0.367 e. The van der Waals surface area contributed by atoms with Crippen molar-refractivity contribution in [2.45, 2.75) is 18.6 Å². The van der Waals surface area contributed by atoms with Crippen LogP contribution >= 0.6 is 0 Å². The number of ether oxygens (including phenoxy) is 2. The van der Waals surface area contributed by atoms with Crippen molar-refractivity contribution in [2.75, 3.05) is 55.9 Å². The third-order valence-corrected chi connectivity index (χ3v) is 8.74. The Hall–Kier alpha value is -2.74. The monoisotopic (exact) mass is 475 g/mol. The van der Waals surface area contributed by atoms with Gasteiger partial charge >= 0.3 is 0 Å². The molecule has 0 N–H and O–H groups in total. The van der Waals surface area contributed by atoms with E-state index in [0.29, 0.717) is 50.5 Å². The molecule has 0 aromatic heterocycles. The van der Waals surface area contributed by atoms with Crippen molar-refractivity contribution in [1.29, 1.82) is 0 Å². The number of benzene rings is 2. The van der Waals surface area contributed by atoms with Crippen LogP contribution < -0.4 is 9.80 Å². The number of piperazine rings is 1. The van der Waals surface area contributed by atoms with Crippen LogP contribution in [0.15, 0.2) is 60.7 Å². The quantitative estimate of drug-likeness (QED) is 0.633. The number of anilines is 2. The fourth-order valence-electron chi connectivity index (χ4n) is 6.81. The van der Waals surface area contributed by atoms with Crippen LogP contribution in [0.4, 0.5) is 15.8 Å². The summed E-state index contributed by atoms with van der Waals surface area (Å²) in [6.07, 6.45) is 6.89. The zero-order valence-electron chi connectivity index (χ0n) is 19.7. The Bertz CT molecular complexity index is 1180. The van der Waals surface area contributed by atoms with Crippen molar-refractivity contribution >= 4 is 17.3 Å². The number of hydrogen-bond acceptors (Lipinski definition) is 5. The molecule has 2 unspecified atom stereocenters. The van der Waals surface area contributed by atoms with Crippen molar-refractivity contribution in [1.82, 2.24) is 4.90 Å². The molecule has 2 bridgehead atoms. The summed E-state index contributed by atoms with van der Waals surface area (Å²) in [7, 11) is 0. The molecule has 3 fully saturated rings. The average Bonchev–Trinajstić information content (AvgIpc) is 3.55. The van der Waals surface area contributed by atoms with Gasteiger partial charge in [0.25, 0.3) is 11.7 Å². The van der Waals surface area contributed by atoms with Gasteiger partial charge in [-0.15, -0.1) is 0 Å². The summed E-state index contributed by atoms with van der Waals surface area (Å²) >= 11 is 0. The first-order chi connectivity index (χ1) is 17.1. The summed E-state index contributed by atoms with van der Waals surface area (Å²) in [6.45, 7) is 4.47. The smallest absolute Gasteiger partial charge is 0.293 e. The summed E-state index contributed by atoms with van der Waals surface area (Å²) in [5.74, 6) is -0.570. The van der Waals surface area contributed by atoms with Gasteiger partial charge in [-0.3, -0.25) is 14.6 Å². The number of carbonyl (C=O) groups is 1. The van der Waals surface area contributed by atoms with Crippen LogP contribution in [-0.2, 0) is 20.1 Å². The molecule has 3 heterocycles. The fraction of sp³-hybridized carbons (Fsp3) is 0.464. The molecule has 5 aliphatic rings. The van der Waals surface area contributed by atoms with Gasteiger partial charge in [0.05, 0.1) is 31.3 Å². The van der Waals surface area contributed by atoms with Gasteiger partial charge in [-0.05, 0) is 42.9 Å². The molecule has 2 aromatic rings. The lowest BCUT2D eigenvalue weighted by atomic mass is 9.76. The first-order valence-corrected chi connectivity index (χ1v) is 12.7. The lowest BCUT2D eigenvalue weighted by Gasteiger charge is -2.45. The predicted octanol–water partition coefficient (Wildman–Crippen LogP) is 3.73. The second kappa shape index (κ2) is 7.88. The molecule has 2 saturated heterocycles. The molecule has 1 amide bonds. The number of allylic oxidation sites excluding steroid dienone is 2. The Balaban J connectivity index is 1.08. The summed E-state index contributed by atoms with van der Waals surface area (Å²) in [5.41, 5.74) is 2.31. The van der Waals surface area contributed by atoms with Crippen molar-refractivity contribution < 1.29 is 18.7 Å². The lowest BCUT2D eigenvalue weighted by Crippen LogP contribution is -2.56. The summed E-state index contributed by atoms with van der Waals surface area (Å²) in [5, 5.41) is 0. The van der Waals surface area contributed by atoms with E-state index in [9.17, 15) is 9.18 Å². The zero-order chi connectivity index (χ0) is 23.6. The maximum atomic E-state index is 14.2. The van der Waals surface area contributed by atoms with Gasteiger partial charge in [-0.2, -0.15) is 0 Å². The normalized spacial score (nSPS) is 33.9. The van der Waals surface area contributed by atoms with E-state index < -0.39 is 5.79 Å². The van der Waals surface area contributed by atoms with Crippen LogP contribution in [0.1, 0.15) is 18.4 Å². The van der Waals surface area contributed by atoms with E-state index in [1.165, 1.54) is 12.5 Å². The Morgan fingerprint density at radius 2 is 1.63 bits per heavy atom. The fourth-order valence-corrected chi connectivity index (χ4v) is 6.81. The number of para-hydroxylation sites is 2. The van der Waals surface area contributed by atoms with Gasteiger partial charge in [-0.25, -0.2) is 4.39 Å². The molecule has 2 atom stereocenters. The number of amides is 1. The number of carbonyl (C=O) groups excluding carboxylic acids is 1. The van der Waals surface area contributed by atoms with E-state index in [4.69, 9.17) is 9.47 Å². The standard InChI is InChI=1S/C28H30FN3O3/c29-23-6-2-4-8-25(23)31-13-11-30(12-14-31)19-32-24-7-3-1-5-22(24)28(26(32)33)34-17-27(18-35-28)16-20-9-10-21(27)15-20/h1-10,20-21H,11-19H2. The van der Waals surface area contributed by atoms with Crippen LogP contribution in [-0.4, -0.2) is 56.9 Å². The van der Waals surface area contributed by atoms with Gasteiger partial charge in [0, 0.05) is 37.2 Å². The molecule has 0 radical (unpaired) electrons. The number of halogens is 1. The van der Waals surface area contributed by atoms with Gasteiger partial charge < -0.3 is 14.4 Å². The van der Waals surface area contributed by atoms with E-state index in [-0.39, 0.29) is 17.1 Å². The molecule has 7 rings (SSSR count). The largest absolute Gasteiger partial charge is 0.367 e. The second-order valence-electron chi connectivity index (χ2n) is 10.7. The number of hydrogen-bond donors (Lipinski definition) is 0. The summed E-state index contributed by atoms with van der Waals surface area (Å²) < 4.78 is 27.1. The van der Waals surface area contributed by atoms with Gasteiger partial charge in [-0.1, -0.05) is 42.5 Å². The minimum absolute atomic E-state index is 0.00362. The van der Waals surface area contributed by atoms with Crippen LogP contribution in [0.2, 0.25) is 0 Å². The average molecular weight is 476 g/mol. The third-order valence-electron chi connectivity index (χ3n) is 8.74. The van der Waals surface area contributed by atoms with Crippen molar-refractivity contribution in [3.63, 3.8) is 0 Å². The molecule has 1 saturated carbocycles. The third kappa shape index (κ3) is 3.21. The first-order valence-electron chi connectivity index (χ1n) is 12.7. The highest BCUT2D eigenvalue weighted by Gasteiger charge is 2.61. The molecule has 182 valence electrons. The molecule has 2 aromatic carbocycles. The van der Waals surface area contributed by atoms with Gasteiger partial charge in [0.1, 0.15) is 5.82 Å². The number of fused-ring (bicyclic) bond motifs is 5. The lowest BCUT2D eigenvalue weighted by molar-refractivity contribution is -0.295. The summed E-state index contributed by atoms with van der Waals surface area (Å²) in [6, 6.07) is 14.8. The highest BCUT2D eigenvalue weighted by atomic mass is 19.1. The number of nitrogens with zero attached hydrogens (tertiary/aromatic N) is 3. The Kier molecular flexibility index (Phi) is 4.85. The highest BCUT2D eigenvalue weighted by molar-refractivity contribution is 6.06. The highest BCUT2D eigenvalue weighted by Crippen LogP contribution is 2.57. The SMILES string of the molecule is O=C1N(CN2CCN(c3ccccc3F)CC2)c2ccccc2C12OCC1(CO2)CC2C=CC1C2. The Morgan fingerprint density at radius 1 is 0.914 bits per heavy atom. The maximum Gasteiger partial charge on any atom is 0.293 e. The predicted molar refractivity (Wildman–Crippen MR) is 130 cm³/mol. The molecule has 2 spiro atoms. The maximum absolute atomic E-state index is 14.2. The molecular weight excluding hydrogens is 445 g/mol. The van der Waals surface area contributed by atoms with Crippen LogP contribution in [0.25, 0.3) is 0 Å². The van der Waals surface area contributed by atoms with E-state index in [2.05, 4.69) is 22.0 Å². The van der Waals surface area contributed by atoms with Crippen molar-refractivity contribution in [3.05, 3.63) is 72.1 Å². The Morgan fingerprint density at radius 3 is 2.31 bits per heavy atom. The van der Waals surface area contributed by atoms with E-state index in [0.717, 1.165) is 30.8 Å². The first kappa shape index (κ1) is 21.5. The van der Waals surface area contributed by atoms with Crippen LogP contribution in [0.3, 0.4) is 0 Å². The van der Waals surface area contributed by atoms with E-state index >= 15 is 0 Å². The zero-order valence-corrected chi connectivity index (χ0v) is 19.7. The van der Waals surface area contributed by atoms with Crippen LogP contribution in [0, 0.1) is 23.1 Å². The minimum atomic E-state index is -1.34. The second-order valence-corrected chi connectivity index (χ2v) is 10.7. The molecular formula is C28H30FN3O3. The Labute approximate surface area is 204 Å². The molecule has 2 aliphatic carbocycles. The van der Waals surface area contributed by atoms with Gasteiger partial charge in [0.15, 0.2) is 0 Å². The molecule has 7 heteroatoms. The van der Waals surface area contributed by atoms with Crippen molar-refractivity contribution in [3.8, 4) is 0 Å². The van der Waals surface area contributed by atoms with E-state index in [1.807, 2.05) is 41.3 Å². The van der Waals surface area contributed by atoms with E-state index in [1.54, 1.807) is 6.07 Å². The molecule has 3 aliphatic heterocycles. The molecule has 35 heavy (non-hydrogen) atoms. The topological polar surface area (TPSA) is 45.3 Å². The van der Waals surface area contributed by atoms with Crippen molar-refractivity contribution in [2.24, 2.45) is 17.3 Å².